The molecule has 13 heteroatoms. The van der Waals surface area contributed by atoms with Crippen molar-refractivity contribution in [3.63, 3.8) is 0 Å². The molecule has 1 heterocycles. The van der Waals surface area contributed by atoms with E-state index in [-0.39, 0.29) is 40.6 Å². The maximum atomic E-state index is 13.9. The number of rotatable bonds is 4. The fourth-order valence-corrected chi connectivity index (χ4v) is 5.43. The number of nitrogen functional groups attached to an aromatic ring is 1. The summed E-state index contributed by atoms with van der Waals surface area (Å²) in [6.07, 6.45) is -6.94. The summed E-state index contributed by atoms with van der Waals surface area (Å²) in [5.74, 6) is -8.15. The molecule has 2 fully saturated rings. The molecule has 2 atom stereocenters. The summed E-state index contributed by atoms with van der Waals surface area (Å²) in [6, 6.07) is 3.58. The zero-order valence-electron chi connectivity index (χ0n) is 17.8. The van der Waals surface area contributed by atoms with Crippen LogP contribution in [0.25, 0.3) is 0 Å². The highest BCUT2D eigenvalue weighted by Crippen LogP contribution is 2.60. The Hall–Kier alpha value is -2.47. The van der Waals surface area contributed by atoms with Crippen LogP contribution in [0.15, 0.2) is 18.2 Å². The third-order valence-electron chi connectivity index (χ3n) is 6.89. The molecule has 2 saturated carbocycles. The first-order valence-corrected chi connectivity index (χ1v) is 10.8. The summed E-state index contributed by atoms with van der Waals surface area (Å²) < 4.78 is 81.1. The Morgan fingerprint density at radius 3 is 2.35 bits per heavy atom. The van der Waals surface area contributed by atoms with Gasteiger partial charge in [-0.2, -0.15) is 27.1 Å². The Morgan fingerprint density at radius 1 is 1.24 bits per heavy atom. The third-order valence-corrected chi connectivity index (χ3v) is 7.18. The summed E-state index contributed by atoms with van der Waals surface area (Å²) in [5.41, 5.74) is 3.38. The van der Waals surface area contributed by atoms with Crippen molar-refractivity contribution in [2.75, 3.05) is 11.1 Å². The third kappa shape index (κ3) is 3.90. The molecule has 1 aromatic carbocycles. The SMILES string of the molecule is Cn1nc(C2CC3CC(O)(C(F)(F)C(F)(F)F)CC3C2)c(C(=O)Nc2ccc(F)c(Cl)c2)c1N. The average Bonchev–Trinajstić information content (AvgIpc) is 3.34. The number of amides is 1. The average molecular weight is 511 g/mol. The Labute approximate surface area is 195 Å². The summed E-state index contributed by atoms with van der Waals surface area (Å²) in [6.45, 7) is 0. The van der Waals surface area contributed by atoms with Gasteiger partial charge in [-0.25, -0.2) is 4.39 Å². The van der Waals surface area contributed by atoms with Crippen molar-refractivity contribution in [1.29, 1.82) is 0 Å². The monoisotopic (exact) mass is 510 g/mol. The molecule has 2 aromatic rings. The molecule has 4 rings (SSSR count). The molecule has 6 nitrogen and oxygen atoms in total. The van der Waals surface area contributed by atoms with Crippen LogP contribution < -0.4 is 11.1 Å². The van der Waals surface area contributed by atoms with E-state index in [1.807, 2.05) is 0 Å². The van der Waals surface area contributed by atoms with Crippen LogP contribution in [0.4, 0.5) is 37.8 Å². The highest BCUT2D eigenvalue weighted by Gasteiger charge is 2.72. The van der Waals surface area contributed by atoms with Gasteiger partial charge in [-0.05, 0) is 55.7 Å². The molecular formula is C21H21ClF6N4O2. The number of aryl methyl sites for hydroxylation is 1. The van der Waals surface area contributed by atoms with Crippen LogP contribution in [0.1, 0.15) is 47.7 Å². The largest absolute Gasteiger partial charge is 0.456 e. The lowest BCUT2D eigenvalue weighted by Crippen LogP contribution is -2.56. The topological polar surface area (TPSA) is 93.2 Å². The molecule has 186 valence electrons. The van der Waals surface area contributed by atoms with Crippen molar-refractivity contribution in [1.82, 2.24) is 9.78 Å². The number of aromatic nitrogens is 2. The smallest absolute Gasteiger partial charge is 0.383 e. The molecule has 0 bridgehead atoms. The van der Waals surface area contributed by atoms with E-state index in [4.69, 9.17) is 17.3 Å². The highest BCUT2D eigenvalue weighted by atomic mass is 35.5. The van der Waals surface area contributed by atoms with E-state index in [9.17, 15) is 36.2 Å². The number of nitrogens with one attached hydrogen (secondary N) is 1. The number of anilines is 2. The van der Waals surface area contributed by atoms with Gasteiger partial charge in [0, 0.05) is 18.7 Å². The fourth-order valence-electron chi connectivity index (χ4n) is 5.25. The van der Waals surface area contributed by atoms with Crippen molar-refractivity contribution in [2.45, 2.75) is 49.3 Å². The number of nitrogens with two attached hydrogens (primary N) is 1. The van der Waals surface area contributed by atoms with Crippen LogP contribution in [-0.2, 0) is 7.05 Å². The van der Waals surface area contributed by atoms with Crippen LogP contribution in [0, 0.1) is 17.7 Å². The van der Waals surface area contributed by atoms with Gasteiger partial charge in [-0.15, -0.1) is 0 Å². The standard InChI is InChI=1S/C21H21ClF6N4O2/c1-32-17(29)15(18(33)30-12-2-3-14(23)13(22)6-12)16(31-32)9-4-10-7-19(34,8-11(10)5-9)20(24,25)21(26,27)28/h2-3,6,9-11,34H,4-5,7-8,29H2,1H3,(H,30,33). The Balaban J connectivity index is 1.55. The zero-order chi connectivity index (χ0) is 25.2. The van der Waals surface area contributed by atoms with Gasteiger partial charge in [0.2, 0.25) is 0 Å². The number of hydrogen-bond donors (Lipinski definition) is 3. The lowest BCUT2D eigenvalue weighted by atomic mass is 9.87. The summed E-state index contributed by atoms with van der Waals surface area (Å²) >= 11 is 5.74. The number of hydrogen-bond acceptors (Lipinski definition) is 4. The molecule has 0 spiro atoms. The van der Waals surface area contributed by atoms with Gasteiger partial charge in [-0.3, -0.25) is 9.48 Å². The molecule has 1 aromatic heterocycles. The van der Waals surface area contributed by atoms with Gasteiger partial charge in [0.1, 0.15) is 22.8 Å². The summed E-state index contributed by atoms with van der Waals surface area (Å²) in [7, 11) is 1.50. The number of nitrogens with zero attached hydrogens (tertiary/aromatic N) is 2. The molecule has 34 heavy (non-hydrogen) atoms. The van der Waals surface area contributed by atoms with Crippen LogP contribution in [0.3, 0.4) is 0 Å². The van der Waals surface area contributed by atoms with Crippen molar-refractivity contribution in [3.05, 3.63) is 40.3 Å². The van der Waals surface area contributed by atoms with Crippen molar-refractivity contribution < 1.29 is 36.2 Å². The van der Waals surface area contributed by atoms with Gasteiger partial charge in [0.05, 0.1) is 10.7 Å². The number of carbonyl (C=O) groups excluding carboxylic acids is 1. The first-order chi connectivity index (χ1) is 15.6. The molecule has 0 saturated heterocycles. The second-order valence-electron chi connectivity index (χ2n) is 9.05. The number of halogens is 7. The highest BCUT2D eigenvalue weighted by molar-refractivity contribution is 6.31. The van der Waals surface area contributed by atoms with Gasteiger partial charge in [-0.1, -0.05) is 11.6 Å². The maximum Gasteiger partial charge on any atom is 0.456 e. The van der Waals surface area contributed by atoms with E-state index in [2.05, 4.69) is 10.4 Å². The van der Waals surface area contributed by atoms with E-state index in [0.29, 0.717) is 0 Å². The number of aliphatic hydroxyl groups is 1. The predicted octanol–water partition coefficient (Wildman–Crippen LogP) is 4.88. The second kappa shape index (κ2) is 8.04. The molecule has 2 aliphatic carbocycles. The van der Waals surface area contributed by atoms with Crippen LogP contribution in [0.5, 0.6) is 0 Å². The zero-order valence-corrected chi connectivity index (χ0v) is 18.5. The minimum atomic E-state index is -5.86. The fraction of sp³-hybridized carbons (Fsp3) is 0.524. The lowest BCUT2D eigenvalue weighted by Gasteiger charge is -2.34. The Kier molecular flexibility index (Phi) is 5.83. The first kappa shape index (κ1) is 24.6. The Morgan fingerprint density at radius 2 is 1.82 bits per heavy atom. The van der Waals surface area contributed by atoms with Crippen molar-refractivity contribution in [3.8, 4) is 0 Å². The number of alkyl halides is 5. The van der Waals surface area contributed by atoms with Crippen LogP contribution in [-0.4, -0.2) is 38.5 Å². The normalized spacial score (nSPS) is 27.1. The molecular weight excluding hydrogens is 490 g/mol. The molecule has 0 aliphatic heterocycles. The first-order valence-electron chi connectivity index (χ1n) is 10.4. The van der Waals surface area contributed by atoms with Crippen molar-refractivity contribution >= 4 is 29.0 Å². The van der Waals surface area contributed by atoms with Gasteiger partial charge >= 0.3 is 12.1 Å². The van der Waals surface area contributed by atoms with Gasteiger partial charge < -0.3 is 16.2 Å². The van der Waals surface area contributed by atoms with E-state index < -0.39 is 60.0 Å². The minimum absolute atomic E-state index is 0.0258. The molecule has 1 amide bonds. The van der Waals surface area contributed by atoms with Crippen molar-refractivity contribution in [2.24, 2.45) is 18.9 Å². The molecule has 4 N–H and O–H groups in total. The second-order valence-corrected chi connectivity index (χ2v) is 9.46. The number of benzene rings is 1. The number of carbonyl (C=O) groups is 1. The predicted molar refractivity (Wildman–Crippen MR) is 111 cm³/mol. The van der Waals surface area contributed by atoms with Gasteiger partial charge in [0.15, 0.2) is 0 Å². The minimum Gasteiger partial charge on any atom is -0.383 e. The quantitative estimate of drug-likeness (QED) is 0.511. The van der Waals surface area contributed by atoms with E-state index in [1.54, 1.807) is 0 Å². The van der Waals surface area contributed by atoms with Gasteiger partial charge in [0.25, 0.3) is 5.91 Å². The van der Waals surface area contributed by atoms with E-state index in [0.717, 1.165) is 6.07 Å². The summed E-state index contributed by atoms with van der Waals surface area (Å²) in [5, 5.41) is 16.8. The van der Waals surface area contributed by atoms with E-state index in [1.165, 1.54) is 23.9 Å². The van der Waals surface area contributed by atoms with E-state index >= 15 is 0 Å². The summed E-state index contributed by atoms with van der Waals surface area (Å²) in [4.78, 5) is 13.0. The molecule has 0 radical (unpaired) electrons. The van der Waals surface area contributed by atoms with Crippen LogP contribution >= 0.6 is 11.6 Å². The molecule has 2 aliphatic rings. The lowest BCUT2D eigenvalue weighted by molar-refractivity contribution is -0.341. The Bertz CT molecular complexity index is 1120. The molecule has 2 unspecified atom stereocenters. The number of fused-ring (bicyclic) bond motifs is 1. The maximum absolute atomic E-state index is 13.9. The van der Waals surface area contributed by atoms with Crippen LogP contribution in [0.2, 0.25) is 5.02 Å².